The van der Waals surface area contributed by atoms with Crippen LogP contribution in [0.15, 0.2) is 42.5 Å². The summed E-state index contributed by atoms with van der Waals surface area (Å²) in [5.74, 6) is 0. The van der Waals surface area contributed by atoms with Crippen LogP contribution in [-0.2, 0) is 12.7 Å². The van der Waals surface area contributed by atoms with E-state index in [1.165, 1.54) is 12.1 Å². The molecule has 2 aromatic carbocycles. The van der Waals surface area contributed by atoms with E-state index in [0.29, 0.717) is 22.3 Å². The van der Waals surface area contributed by atoms with Crippen LogP contribution in [0.2, 0.25) is 10.0 Å². The van der Waals surface area contributed by atoms with Crippen molar-refractivity contribution >= 4 is 28.9 Å². The zero-order chi connectivity index (χ0) is 14.8. The summed E-state index contributed by atoms with van der Waals surface area (Å²) in [4.78, 5) is 0. The molecule has 0 amide bonds. The van der Waals surface area contributed by atoms with Gasteiger partial charge in [0.25, 0.3) is 0 Å². The summed E-state index contributed by atoms with van der Waals surface area (Å²) in [6, 6.07) is 9.97. The quantitative estimate of drug-likeness (QED) is 0.773. The lowest BCUT2D eigenvalue weighted by Crippen LogP contribution is -2.05. The second-order valence-electron chi connectivity index (χ2n) is 4.21. The monoisotopic (exact) mass is 319 g/mol. The van der Waals surface area contributed by atoms with Crippen LogP contribution in [-0.4, -0.2) is 0 Å². The number of anilines is 1. The van der Waals surface area contributed by atoms with Crippen LogP contribution in [0.3, 0.4) is 0 Å². The van der Waals surface area contributed by atoms with E-state index in [1.807, 2.05) is 0 Å². The van der Waals surface area contributed by atoms with Crippen LogP contribution in [0.25, 0.3) is 0 Å². The Morgan fingerprint density at radius 1 is 0.900 bits per heavy atom. The van der Waals surface area contributed by atoms with E-state index in [4.69, 9.17) is 23.2 Å². The van der Waals surface area contributed by atoms with Gasteiger partial charge in [0.1, 0.15) is 0 Å². The number of alkyl halides is 3. The second kappa shape index (κ2) is 5.94. The molecule has 0 aliphatic rings. The first-order chi connectivity index (χ1) is 9.34. The van der Waals surface area contributed by atoms with Gasteiger partial charge in [-0.05, 0) is 35.9 Å². The van der Waals surface area contributed by atoms with E-state index in [-0.39, 0.29) is 0 Å². The van der Waals surface area contributed by atoms with Crippen molar-refractivity contribution in [2.24, 2.45) is 0 Å². The van der Waals surface area contributed by atoms with Crippen molar-refractivity contribution in [3.05, 3.63) is 63.6 Å². The van der Waals surface area contributed by atoms with Crippen molar-refractivity contribution in [1.82, 2.24) is 0 Å². The molecule has 0 aliphatic carbocycles. The minimum Gasteiger partial charge on any atom is -0.381 e. The van der Waals surface area contributed by atoms with Crippen molar-refractivity contribution in [1.29, 1.82) is 0 Å². The zero-order valence-corrected chi connectivity index (χ0v) is 11.7. The summed E-state index contributed by atoms with van der Waals surface area (Å²) < 4.78 is 37.2. The number of hydrogen-bond acceptors (Lipinski definition) is 1. The molecule has 0 atom stereocenters. The largest absolute Gasteiger partial charge is 0.416 e. The van der Waals surface area contributed by atoms with E-state index in [2.05, 4.69) is 5.32 Å². The molecular weight excluding hydrogens is 310 g/mol. The Kier molecular flexibility index (Phi) is 4.45. The van der Waals surface area contributed by atoms with Gasteiger partial charge in [0, 0.05) is 22.3 Å². The molecule has 0 aliphatic heterocycles. The molecule has 1 N–H and O–H groups in total. The van der Waals surface area contributed by atoms with Crippen molar-refractivity contribution < 1.29 is 13.2 Å². The Morgan fingerprint density at radius 3 is 1.95 bits per heavy atom. The smallest absolute Gasteiger partial charge is 0.381 e. The summed E-state index contributed by atoms with van der Waals surface area (Å²) in [6.07, 6.45) is -4.31. The van der Waals surface area contributed by atoms with Gasteiger partial charge in [-0.2, -0.15) is 13.2 Å². The third kappa shape index (κ3) is 4.05. The van der Waals surface area contributed by atoms with Crippen molar-refractivity contribution in [3.8, 4) is 0 Å². The molecule has 0 saturated carbocycles. The number of nitrogens with one attached hydrogen (secondary N) is 1. The molecule has 0 bridgehead atoms. The van der Waals surface area contributed by atoms with Gasteiger partial charge in [0.2, 0.25) is 0 Å². The highest BCUT2D eigenvalue weighted by molar-refractivity contribution is 6.35. The lowest BCUT2D eigenvalue weighted by atomic mass is 10.1. The third-order valence-corrected chi connectivity index (χ3v) is 3.08. The SMILES string of the molecule is FC(F)(F)c1ccc(CNc2cc(Cl)cc(Cl)c2)cc1. The topological polar surface area (TPSA) is 12.0 Å². The van der Waals surface area contributed by atoms with E-state index < -0.39 is 11.7 Å². The van der Waals surface area contributed by atoms with Crippen LogP contribution in [0.4, 0.5) is 18.9 Å². The molecule has 1 nitrogen and oxygen atoms in total. The first kappa shape index (κ1) is 15.0. The highest BCUT2D eigenvalue weighted by atomic mass is 35.5. The van der Waals surface area contributed by atoms with Crippen LogP contribution >= 0.6 is 23.2 Å². The van der Waals surface area contributed by atoms with Crippen LogP contribution in [0.5, 0.6) is 0 Å². The first-order valence-electron chi connectivity index (χ1n) is 5.71. The fourth-order valence-corrected chi connectivity index (χ4v) is 2.20. The molecule has 0 heterocycles. The van der Waals surface area contributed by atoms with Gasteiger partial charge in [-0.1, -0.05) is 35.3 Å². The summed E-state index contributed by atoms with van der Waals surface area (Å²) in [6.45, 7) is 0.384. The highest BCUT2D eigenvalue weighted by Crippen LogP contribution is 2.29. The van der Waals surface area contributed by atoms with Gasteiger partial charge in [-0.15, -0.1) is 0 Å². The maximum Gasteiger partial charge on any atom is 0.416 e. The van der Waals surface area contributed by atoms with Gasteiger partial charge in [-0.3, -0.25) is 0 Å². The minimum atomic E-state index is -4.31. The summed E-state index contributed by atoms with van der Waals surface area (Å²) in [7, 11) is 0. The second-order valence-corrected chi connectivity index (χ2v) is 5.08. The highest BCUT2D eigenvalue weighted by Gasteiger charge is 2.29. The number of halogens is 5. The summed E-state index contributed by atoms with van der Waals surface area (Å²) in [5, 5.41) is 4.04. The van der Waals surface area contributed by atoms with E-state index in [0.717, 1.165) is 17.7 Å². The lowest BCUT2D eigenvalue weighted by Gasteiger charge is -2.10. The predicted octanol–water partition coefficient (Wildman–Crippen LogP) is 5.62. The number of rotatable bonds is 3. The van der Waals surface area contributed by atoms with Gasteiger partial charge in [-0.25, -0.2) is 0 Å². The Morgan fingerprint density at radius 2 is 1.45 bits per heavy atom. The minimum absolute atomic E-state index is 0.384. The molecule has 0 spiro atoms. The summed E-state index contributed by atoms with van der Waals surface area (Å²) >= 11 is 11.7. The standard InChI is InChI=1S/C14H10Cl2F3N/c15-11-5-12(16)7-13(6-11)20-8-9-1-3-10(4-2-9)14(17,18)19/h1-7,20H,8H2. The summed E-state index contributed by atoms with van der Waals surface area (Å²) in [5.41, 5.74) is 0.781. The number of hydrogen-bond donors (Lipinski definition) is 1. The van der Waals surface area contributed by atoms with Gasteiger partial charge >= 0.3 is 6.18 Å². The lowest BCUT2D eigenvalue weighted by molar-refractivity contribution is -0.137. The van der Waals surface area contributed by atoms with Gasteiger partial charge < -0.3 is 5.32 Å². The molecule has 20 heavy (non-hydrogen) atoms. The van der Waals surface area contributed by atoms with Gasteiger partial charge in [0.05, 0.1) is 5.56 Å². The van der Waals surface area contributed by atoms with E-state index >= 15 is 0 Å². The Bertz CT molecular complexity index is 574. The molecule has 2 aromatic rings. The Hall–Kier alpha value is -1.39. The average molecular weight is 320 g/mol. The molecule has 0 radical (unpaired) electrons. The maximum absolute atomic E-state index is 12.4. The Labute approximate surface area is 124 Å². The Balaban J connectivity index is 2.04. The van der Waals surface area contributed by atoms with Crippen molar-refractivity contribution in [2.45, 2.75) is 12.7 Å². The van der Waals surface area contributed by atoms with Crippen LogP contribution in [0, 0.1) is 0 Å². The molecule has 6 heteroatoms. The predicted molar refractivity (Wildman–Crippen MR) is 75.2 cm³/mol. The fourth-order valence-electron chi connectivity index (χ4n) is 1.67. The van der Waals surface area contributed by atoms with Gasteiger partial charge in [0.15, 0.2) is 0 Å². The molecule has 0 aromatic heterocycles. The zero-order valence-electron chi connectivity index (χ0n) is 10.1. The van der Waals surface area contributed by atoms with E-state index in [1.54, 1.807) is 18.2 Å². The van der Waals surface area contributed by atoms with Crippen LogP contribution < -0.4 is 5.32 Å². The van der Waals surface area contributed by atoms with Crippen molar-refractivity contribution in [2.75, 3.05) is 5.32 Å². The average Bonchev–Trinajstić information content (AvgIpc) is 2.35. The molecule has 0 unspecified atom stereocenters. The maximum atomic E-state index is 12.4. The molecule has 2 rings (SSSR count). The third-order valence-electron chi connectivity index (χ3n) is 2.64. The normalized spacial score (nSPS) is 11.4. The van der Waals surface area contributed by atoms with Crippen molar-refractivity contribution in [3.63, 3.8) is 0 Å². The molecule has 0 saturated heterocycles. The first-order valence-corrected chi connectivity index (χ1v) is 6.46. The van der Waals surface area contributed by atoms with Crippen LogP contribution in [0.1, 0.15) is 11.1 Å². The molecule has 106 valence electrons. The number of benzene rings is 2. The molecule has 0 fully saturated rings. The van der Waals surface area contributed by atoms with E-state index in [9.17, 15) is 13.2 Å². The fraction of sp³-hybridized carbons (Fsp3) is 0.143. The molecular formula is C14H10Cl2F3N.